The van der Waals surface area contributed by atoms with Gasteiger partial charge in [-0.05, 0) is 13.0 Å². The number of hydrogen-bond acceptors (Lipinski definition) is 4. The number of nitrogens with one attached hydrogen (secondary N) is 1. The van der Waals surface area contributed by atoms with E-state index < -0.39 is 5.82 Å². The van der Waals surface area contributed by atoms with Crippen LogP contribution in [0.2, 0.25) is 0 Å². The zero-order valence-corrected chi connectivity index (χ0v) is 12.1. The minimum absolute atomic E-state index is 0.0882. The maximum atomic E-state index is 14.1. The smallest absolute Gasteiger partial charge is 0.257 e. The van der Waals surface area contributed by atoms with Crippen LogP contribution >= 0.6 is 11.8 Å². The van der Waals surface area contributed by atoms with Crippen molar-refractivity contribution in [3.8, 4) is 0 Å². The maximum Gasteiger partial charge on any atom is 0.257 e. The third-order valence-electron chi connectivity index (χ3n) is 3.50. The van der Waals surface area contributed by atoms with E-state index in [1.54, 1.807) is 11.9 Å². The lowest BCUT2D eigenvalue weighted by Gasteiger charge is -2.37. The van der Waals surface area contributed by atoms with Gasteiger partial charge in [-0.15, -0.1) is 0 Å². The topological polar surface area (TPSA) is 45.2 Å². The first kappa shape index (κ1) is 14.1. The van der Waals surface area contributed by atoms with Gasteiger partial charge in [-0.25, -0.2) is 9.37 Å². The molecule has 1 saturated heterocycles. The average molecular weight is 283 g/mol. The van der Waals surface area contributed by atoms with Gasteiger partial charge in [0, 0.05) is 36.8 Å². The van der Waals surface area contributed by atoms with Gasteiger partial charge in [-0.3, -0.25) is 4.79 Å². The predicted molar refractivity (Wildman–Crippen MR) is 76.2 cm³/mol. The highest BCUT2D eigenvalue weighted by atomic mass is 32.2. The molecular weight excluding hydrogens is 265 g/mol. The summed E-state index contributed by atoms with van der Waals surface area (Å²) in [7, 11) is 1.59. The summed E-state index contributed by atoms with van der Waals surface area (Å²) in [5.74, 6) is 0.171. The van der Waals surface area contributed by atoms with Gasteiger partial charge in [0.2, 0.25) is 0 Å². The van der Waals surface area contributed by atoms with Gasteiger partial charge in [0.05, 0.1) is 5.56 Å². The van der Waals surface area contributed by atoms with Crippen LogP contribution in [0.1, 0.15) is 24.2 Å². The average Bonchev–Trinajstić information content (AvgIpc) is 2.41. The minimum Gasteiger partial charge on any atom is -0.371 e. The summed E-state index contributed by atoms with van der Waals surface area (Å²) < 4.78 is 14.1. The van der Waals surface area contributed by atoms with Crippen molar-refractivity contribution in [3.63, 3.8) is 0 Å². The number of aromatic nitrogens is 1. The monoisotopic (exact) mass is 283 g/mol. The normalized spacial score (nSPS) is 23.3. The van der Waals surface area contributed by atoms with Crippen molar-refractivity contribution < 1.29 is 9.18 Å². The van der Waals surface area contributed by atoms with Crippen LogP contribution in [0.5, 0.6) is 0 Å². The molecule has 19 heavy (non-hydrogen) atoms. The molecule has 0 bridgehead atoms. The molecule has 2 heterocycles. The van der Waals surface area contributed by atoms with Gasteiger partial charge >= 0.3 is 0 Å². The van der Waals surface area contributed by atoms with Gasteiger partial charge in [0.15, 0.2) is 11.6 Å². The third-order valence-corrected chi connectivity index (χ3v) is 4.84. The molecule has 1 aliphatic rings. The molecule has 1 aromatic heterocycles. The van der Waals surface area contributed by atoms with E-state index in [-0.39, 0.29) is 23.3 Å². The molecule has 0 saturated carbocycles. The second-order valence-electron chi connectivity index (χ2n) is 4.59. The molecule has 1 N–H and O–H groups in total. The number of halogens is 1. The second kappa shape index (κ2) is 5.77. The Bertz CT molecular complexity index is 483. The van der Waals surface area contributed by atoms with E-state index in [9.17, 15) is 9.18 Å². The maximum absolute atomic E-state index is 14.1. The van der Waals surface area contributed by atoms with Gasteiger partial charge in [-0.1, -0.05) is 6.92 Å². The molecule has 0 aliphatic carbocycles. The Balaban J connectivity index is 2.29. The number of pyridine rings is 1. The summed E-state index contributed by atoms with van der Waals surface area (Å²) in [4.78, 5) is 18.1. The van der Waals surface area contributed by atoms with Crippen LogP contribution in [-0.4, -0.2) is 46.4 Å². The summed E-state index contributed by atoms with van der Waals surface area (Å²) in [6.45, 7) is 4.76. The molecule has 0 radical (unpaired) electrons. The number of carbonyl (C=O) groups is 1. The van der Waals surface area contributed by atoms with Crippen molar-refractivity contribution in [3.05, 3.63) is 23.6 Å². The van der Waals surface area contributed by atoms with Gasteiger partial charge in [-0.2, -0.15) is 11.8 Å². The van der Waals surface area contributed by atoms with Gasteiger partial charge in [0.1, 0.15) is 0 Å². The molecule has 2 atom stereocenters. The molecule has 6 heteroatoms. The van der Waals surface area contributed by atoms with Crippen molar-refractivity contribution in [2.24, 2.45) is 0 Å². The Morgan fingerprint density at radius 3 is 3.00 bits per heavy atom. The number of amides is 1. The van der Waals surface area contributed by atoms with Crippen molar-refractivity contribution >= 4 is 23.5 Å². The van der Waals surface area contributed by atoms with Crippen molar-refractivity contribution in [1.29, 1.82) is 0 Å². The molecule has 4 nitrogen and oxygen atoms in total. The Morgan fingerprint density at radius 1 is 1.58 bits per heavy atom. The lowest BCUT2D eigenvalue weighted by atomic mass is 10.1. The molecule has 0 aromatic carbocycles. The molecule has 2 unspecified atom stereocenters. The highest BCUT2D eigenvalue weighted by Gasteiger charge is 2.31. The predicted octanol–water partition coefficient (Wildman–Crippen LogP) is 2.23. The molecule has 1 amide bonds. The summed E-state index contributed by atoms with van der Waals surface area (Å²) in [5, 5.41) is 3.02. The molecule has 2 rings (SSSR count). The fourth-order valence-corrected chi connectivity index (χ4v) is 3.26. The Morgan fingerprint density at radius 2 is 2.32 bits per heavy atom. The van der Waals surface area contributed by atoms with E-state index in [1.807, 2.05) is 18.7 Å². The molecule has 1 fully saturated rings. The van der Waals surface area contributed by atoms with Crippen molar-refractivity contribution in [1.82, 2.24) is 9.88 Å². The van der Waals surface area contributed by atoms with E-state index >= 15 is 0 Å². The zero-order valence-electron chi connectivity index (χ0n) is 11.3. The number of thioether (sulfide) groups is 1. The molecule has 1 aliphatic heterocycles. The minimum atomic E-state index is -0.576. The second-order valence-corrected chi connectivity index (χ2v) is 6.07. The lowest BCUT2D eigenvalue weighted by Crippen LogP contribution is -2.48. The Kier molecular flexibility index (Phi) is 4.29. The number of anilines is 1. The van der Waals surface area contributed by atoms with Gasteiger partial charge < -0.3 is 10.2 Å². The molecule has 0 spiro atoms. The molecular formula is C13H18FN3OS. The van der Waals surface area contributed by atoms with E-state index in [2.05, 4.69) is 17.2 Å². The van der Waals surface area contributed by atoms with E-state index in [4.69, 9.17) is 0 Å². The van der Waals surface area contributed by atoms with Crippen molar-refractivity contribution in [2.45, 2.75) is 25.1 Å². The van der Waals surface area contributed by atoms with Crippen LogP contribution in [0, 0.1) is 5.82 Å². The first-order valence-corrected chi connectivity index (χ1v) is 7.36. The Hall–Kier alpha value is -1.30. The van der Waals surface area contributed by atoms with Crippen LogP contribution in [-0.2, 0) is 0 Å². The Labute approximate surface area is 116 Å². The van der Waals surface area contributed by atoms with E-state index in [0.29, 0.717) is 11.8 Å². The molecule has 104 valence electrons. The third kappa shape index (κ3) is 2.68. The largest absolute Gasteiger partial charge is 0.371 e. The summed E-state index contributed by atoms with van der Waals surface area (Å²) >= 11 is 1.84. The van der Waals surface area contributed by atoms with Crippen LogP contribution in [0.25, 0.3) is 0 Å². The standard InChI is InChI=1S/C13H18FN3OS/c1-8-9(2)19-7-6-17(8)13(18)10-4-5-16-12(15-3)11(10)14/h4-5,8-9H,6-7H2,1-3H3,(H,15,16). The zero-order chi connectivity index (χ0) is 14.0. The van der Waals surface area contributed by atoms with E-state index in [0.717, 1.165) is 5.75 Å². The molecule has 1 aromatic rings. The number of rotatable bonds is 2. The van der Waals surface area contributed by atoms with Crippen LogP contribution in [0.3, 0.4) is 0 Å². The summed E-state index contributed by atoms with van der Waals surface area (Å²) in [5.41, 5.74) is 0.0882. The fraction of sp³-hybridized carbons (Fsp3) is 0.538. The number of nitrogens with zero attached hydrogens (tertiary/aromatic N) is 2. The fourth-order valence-electron chi connectivity index (χ4n) is 2.16. The number of carbonyl (C=O) groups excluding carboxylic acids is 1. The van der Waals surface area contributed by atoms with Crippen molar-refractivity contribution in [2.75, 3.05) is 24.7 Å². The first-order valence-electron chi connectivity index (χ1n) is 6.31. The SMILES string of the molecule is CNc1nccc(C(=O)N2CCSC(C)C2C)c1F. The number of hydrogen-bond donors (Lipinski definition) is 1. The highest BCUT2D eigenvalue weighted by Crippen LogP contribution is 2.26. The summed E-state index contributed by atoms with van der Waals surface area (Å²) in [6.07, 6.45) is 1.45. The van der Waals surface area contributed by atoms with Crippen LogP contribution in [0.4, 0.5) is 10.2 Å². The lowest BCUT2D eigenvalue weighted by molar-refractivity contribution is 0.0693. The highest BCUT2D eigenvalue weighted by molar-refractivity contribution is 8.00. The quantitative estimate of drug-likeness (QED) is 0.904. The van der Waals surface area contributed by atoms with E-state index in [1.165, 1.54) is 12.3 Å². The van der Waals surface area contributed by atoms with Crippen LogP contribution in [0.15, 0.2) is 12.3 Å². The first-order chi connectivity index (χ1) is 9.06. The summed E-state index contributed by atoms with van der Waals surface area (Å²) in [6, 6.07) is 1.55. The van der Waals surface area contributed by atoms with Crippen LogP contribution < -0.4 is 5.32 Å². The van der Waals surface area contributed by atoms with Gasteiger partial charge in [0.25, 0.3) is 5.91 Å².